The van der Waals surface area contributed by atoms with E-state index in [1.165, 1.54) is 18.9 Å². The number of carbonyl (C=O) groups excluding carboxylic acids is 1. The van der Waals surface area contributed by atoms with Crippen molar-refractivity contribution in [3.8, 4) is 0 Å². The van der Waals surface area contributed by atoms with Gasteiger partial charge in [0, 0.05) is 11.1 Å². The van der Waals surface area contributed by atoms with E-state index in [0.29, 0.717) is 5.02 Å². The Balaban J connectivity index is 1.81. The second-order valence-electron chi connectivity index (χ2n) is 4.35. The van der Waals surface area contributed by atoms with E-state index in [-0.39, 0.29) is 12.0 Å². The van der Waals surface area contributed by atoms with Crippen LogP contribution in [-0.2, 0) is 9.63 Å². The molecule has 0 atom stereocenters. The Morgan fingerprint density at radius 1 is 1.33 bits per heavy atom. The largest absolute Gasteiger partial charge is 0.270 e. The summed E-state index contributed by atoms with van der Waals surface area (Å²) in [5.41, 5.74) is 3.26. The minimum Gasteiger partial charge on any atom is -0.270 e. The van der Waals surface area contributed by atoms with E-state index in [1.54, 1.807) is 12.1 Å². The number of hydrogen-bond donors (Lipinski definition) is 1. The number of hydroxylamine groups is 1. The average molecular weight is 266 g/mol. The van der Waals surface area contributed by atoms with E-state index in [1.807, 2.05) is 18.2 Å². The topological polar surface area (TPSA) is 38.3 Å². The second-order valence-corrected chi connectivity index (χ2v) is 4.75. The molecule has 0 saturated heterocycles. The zero-order chi connectivity index (χ0) is 12.8. The van der Waals surface area contributed by atoms with Crippen molar-refractivity contribution in [1.82, 2.24) is 5.48 Å². The van der Waals surface area contributed by atoms with Crippen LogP contribution in [0.25, 0.3) is 6.08 Å². The Bertz CT molecular complexity index is 439. The number of carbonyl (C=O) groups is 1. The molecular weight excluding hydrogens is 250 g/mol. The van der Waals surface area contributed by atoms with Crippen molar-refractivity contribution < 1.29 is 9.63 Å². The van der Waals surface area contributed by atoms with Crippen molar-refractivity contribution in [3.05, 3.63) is 40.9 Å². The summed E-state index contributed by atoms with van der Waals surface area (Å²) >= 11 is 5.97. The van der Waals surface area contributed by atoms with Crippen LogP contribution in [0.2, 0.25) is 5.02 Å². The summed E-state index contributed by atoms with van der Waals surface area (Å²) in [6.45, 7) is 0. The molecule has 1 aliphatic carbocycles. The van der Waals surface area contributed by atoms with E-state index < -0.39 is 0 Å². The molecule has 1 aromatic rings. The van der Waals surface area contributed by atoms with Crippen LogP contribution in [0.1, 0.15) is 31.2 Å². The second kappa shape index (κ2) is 6.57. The SMILES string of the molecule is O=C(/C=C/c1ccccc1Cl)NOC1CCCC1. The predicted octanol–water partition coefficient (Wildman–Crippen LogP) is 3.34. The summed E-state index contributed by atoms with van der Waals surface area (Å²) in [7, 11) is 0. The molecule has 0 heterocycles. The lowest BCUT2D eigenvalue weighted by molar-refractivity contribution is -0.132. The number of amides is 1. The highest BCUT2D eigenvalue weighted by Crippen LogP contribution is 2.20. The Labute approximate surface area is 112 Å². The summed E-state index contributed by atoms with van der Waals surface area (Å²) in [5.74, 6) is -0.262. The van der Waals surface area contributed by atoms with Crippen LogP contribution in [0, 0.1) is 0 Å². The monoisotopic (exact) mass is 265 g/mol. The molecule has 4 heteroatoms. The molecule has 0 radical (unpaired) electrons. The van der Waals surface area contributed by atoms with Gasteiger partial charge < -0.3 is 0 Å². The molecule has 1 amide bonds. The van der Waals surface area contributed by atoms with Gasteiger partial charge in [-0.15, -0.1) is 0 Å². The van der Waals surface area contributed by atoms with Gasteiger partial charge in [-0.3, -0.25) is 9.63 Å². The van der Waals surface area contributed by atoms with Gasteiger partial charge in [0.2, 0.25) is 0 Å². The number of rotatable bonds is 4. The number of benzene rings is 1. The van der Waals surface area contributed by atoms with Gasteiger partial charge in [0.1, 0.15) is 0 Å². The fraction of sp³-hybridized carbons (Fsp3) is 0.357. The zero-order valence-electron chi connectivity index (χ0n) is 10.1. The summed E-state index contributed by atoms with van der Waals surface area (Å²) in [4.78, 5) is 16.8. The summed E-state index contributed by atoms with van der Waals surface area (Å²) in [5, 5.41) is 0.623. The molecule has 3 nitrogen and oxygen atoms in total. The number of halogens is 1. The molecule has 1 N–H and O–H groups in total. The maximum atomic E-state index is 11.5. The van der Waals surface area contributed by atoms with Crippen molar-refractivity contribution in [1.29, 1.82) is 0 Å². The summed E-state index contributed by atoms with van der Waals surface area (Å²) < 4.78 is 0. The Morgan fingerprint density at radius 2 is 2.06 bits per heavy atom. The molecule has 0 spiro atoms. The first kappa shape index (κ1) is 13.1. The van der Waals surface area contributed by atoms with Crippen molar-refractivity contribution in [2.45, 2.75) is 31.8 Å². The third-order valence-electron chi connectivity index (χ3n) is 2.95. The zero-order valence-corrected chi connectivity index (χ0v) is 10.8. The lowest BCUT2D eigenvalue weighted by atomic mass is 10.2. The minimum absolute atomic E-state index is 0.169. The van der Waals surface area contributed by atoms with Crippen molar-refractivity contribution >= 4 is 23.6 Å². The van der Waals surface area contributed by atoms with E-state index in [4.69, 9.17) is 16.4 Å². The van der Waals surface area contributed by atoms with Gasteiger partial charge in [0.25, 0.3) is 5.91 Å². The fourth-order valence-corrected chi connectivity index (χ4v) is 2.16. The normalized spacial score (nSPS) is 16.3. The molecule has 96 valence electrons. The quantitative estimate of drug-likeness (QED) is 0.670. The Kier molecular flexibility index (Phi) is 4.79. The van der Waals surface area contributed by atoms with Gasteiger partial charge in [-0.25, -0.2) is 5.48 Å². The van der Waals surface area contributed by atoms with Crippen LogP contribution >= 0.6 is 11.6 Å². The average Bonchev–Trinajstić information content (AvgIpc) is 2.88. The maximum absolute atomic E-state index is 11.5. The van der Waals surface area contributed by atoms with Crippen molar-refractivity contribution in [3.63, 3.8) is 0 Å². The molecule has 0 bridgehead atoms. The van der Waals surface area contributed by atoms with E-state index in [9.17, 15) is 4.79 Å². The molecule has 18 heavy (non-hydrogen) atoms. The first-order chi connectivity index (χ1) is 8.75. The van der Waals surface area contributed by atoms with Gasteiger partial charge in [-0.1, -0.05) is 42.6 Å². The highest BCUT2D eigenvalue weighted by atomic mass is 35.5. The highest BCUT2D eigenvalue weighted by Gasteiger charge is 2.16. The molecular formula is C14H16ClNO2. The third kappa shape index (κ3) is 3.86. The maximum Gasteiger partial charge on any atom is 0.267 e. The Hall–Kier alpha value is -1.32. The predicted molar refractivity (Wildman–Crippen MR) is 72.0 cm³/mol. The minimum atomic E-state index is -0.262. The van der Waals surface area contributed by atoms with Gasteiger partial charge in [-0.05, 0) is 30.5 Å². The van der Waals surface area contributed by atoms with Crippen molar-refractivity contribution in [2.24, 2.45) is 0 Å². The van der Waals surface area contributed by atoms with Crippen LogP contribution in [0.15, 0.2) is 30.3 Å². The molecule has 1 aliphatic rings. The number of hydrogen-bond acceptors (Lipinski definition) is 2. The van der Waals surface area contributed by atoms with Crippen LogP contribution in [0.4, 0.5) is 0 Å². The summed E-state index contributed by atoms with van der Waals surface area (Å²) in [6.07, 6.45) is 7.67. The fourth-order valence-electron chi connectivity index (χ4n) is 1.96. The molecule has 0 aromatic heterocycles. The molecule has 0 aliphatic heterocycles. The molecule has 0 unspecified atom stereocenters. The first-order valence-corrected chi connectivity index (χ1v) is 6.52. The molecule has 1 fully saturated rings. The molecule has 2 rings (SSSR count). The highest BCUT2D eigenvalue weighted by molar-refractivity contribution is 6.32. The van der Waals surface area contributed by atoms with Gasteiger partial charge >= 0.3 is 0 Å². The molecule has 1 saturated carbocycles. The van der Waals surface area contributed by atoms with Crippen LogP contribution in [0.3, 0.4) is 0 Å². The standard InChI is InChI=1S/C14H16ClNO2/c15-13-8-4-1-5-11(13)9-10-14(17)16-18-12-6-2-3-7-12/h1,4-5,8-10,12H,2-3,6-7H2,(H,16,17)/b10-9+. The Morgan fingerprint density at radius 3 is 2.78 bits per heavy atom. The first-order valence-electron chi connectivity index (χ1n) is 6.14. The summed E-state index contributed by atoms with van der Waals surface area (Å²) in [6, 6.07) is 7.36. The van der Waals surface area contributed by atoms with Crippen molar-refractivity contribution in [2.75, 3.05) is 0 Å². The van der Waals surface area contributed by atoms with Crippen LogP contribution < -0.4 is 5.48 Å². The van der Waals surface area contributed by atoms with Gasteiger partial charge in [0.15, 0.2) is 0 Å². The van der Waals surface area contributed by atoms with Gasteiger partial charge in [0.05, 0.1) is 6.10 Å². The third-order valence-corrected chi connectivity index (χ3v) is 3.29. The van der Waals surface area contributed by atoms with Crippen LogP contribution in [0.5, 0.6) is 0 Å². The lowest BCUT2D eigenvalue weighted by Crippen LogP contribution is -2.26. The lowest BCUT2D eigenvalue weighted by Gasteiger charge is -2.09. The van der Waals surface area contributed by atoms with E-state index in [0.717, 1.165) is 18.4 Å². The van der Waals surface area contributed by atoms with Gasteiger partial charge in [-0.2, -0.15) is 0 Å². The smallest absolute Gasteiger partial charge is 0.267 e. The number of nitrogens with one attached hydrogen (secondary N) is 1. The van der Waals surface area contributed by atoms with E-state index in [2.05, 4.69) is 5.48 Å². The van der Waals surface area contributed by atoms with E-state index >= 15 is 0 Å². The van der Waals surface area contributed by atoms with Crippen LogP contribution in [-0.4, -0.2) is 12.0 Å². The molecule has 1 aromatic carbocycles.